The van der Waals surface area contributed by atoms with Gasteiger partial charge in [0.1, 0.15) is 11.6 Å². The fourth-order valence-electron chi connectivity index (χ4n) is 2.07. The highest BCUT2D eigenvalue weighted by Crippen LogP contribution is 2.22. The predicted octanol–water partition coefficient (Wildman–Crippen LogP) is 1.40. The lowest BCUT2D eigenvalue weighted by Gasteiger charge is -2.17. The lowest BCUT2D eigenvalue weighted by molar-refractivity contribution is 0.174. The summed E-state index contributed by atoms with van der Waals surface area (Å²) < 4.78 is 18.3. The molecule has 0 aliphatic carbocycles. The van der Waals surface area contributed by atoms with Gasteiger partial charge in [-0.05, 0) is 24.6 Å². The first-order valence-corrected chi connectivity index (χ1v) is 5.42. The molecule has 0 spiro atoms. The van der Waals surface area contributed by atoms with Gasteiger partial charge in [0.2, 0.25) is 0 Å². The van der Waals surface area contributed by atoms with Crippen molar-refractivity contribution >= 4 is 0 Å². The van der Waals surface area contributed by atoms with Gasteiger partial charge in [-0.15, -0.1) is 0 Å². The van der Waals surface area contributed by atoms with Crippen molar-refractivity contribution in [3.8, 4) is 5.75 Å². The third-order valence-corrected chi connectivity index (χ3v) is 2.88. The number of hydrogen-bond acceptors (Lipinski definition) is 3. The molecule has 2 rings (SSSR count). The molecule has 1 N–H and O–H groups in total. The lowest BCUT2D eigenvalue weighted by atomic mass is 10.2. The Labute approximate surface area is 94.4 Å². The summed E-state index contributed by atoms with van der Waals surface area (Å²) in [6.07, 6.45) is 0.539. The second-order valence-electron chi connectivity index (χ2n) is 4.13. The van der Waals surface area contributed by atoms with E-state index in [1.807, 2.05) is 0 Å². The second-order valence-corrected chi connectivity index (χ2v) is 4.13. The molecule has 1 aliphatic heterocycles. The number of likely N-dealkylation sites (tertiary alicyclic amines) is 1. The molecular weight excluding hydrogens is 209 g/mol. The van der Waals surface area contributed by atoms with Gasteiger partial charge in [-0.25, -0.2) is 4.39 Å². The number of aliphatic hydroxyl groups is 1. The maximum absolute atomic E-state index is 13.1. The van der Waals surface area contributed by atoms with Gasteiger partial charge in [0.25, 0.3) is 0 Å². The summed E-state index contributed by atoms with van der Waals surface area (Å²) in [5.74, 6) is 0.443. The predicted molar refractivity (Wildman–Crippen MR) is 58.9 cm³/mol. The first-order valence-electron chi connectivity index (χ1n) is 5.42. The summed E-state index contributed by atoms with van der Waals surface area (Å²) >= 11 is 0. The highest BCUT2D eigenvalue weighted by molar-refractivity contribution is 5.33. The van der Waals surface area contributed by atoms with Crippen molar-refractivity contribution in [2.24, 2.45) is 0 Å². The SMILES string of the molecule is COc1ccc(F)cc1CN1CC[C@H](O)C1. The van der Waals surface area contributed by atoms with Crippen LogP contribution in [0.25, 0.3) is 0 Å². The van der Waals surface area contributed by atoms with E-state index in [0.29, 0.717) is 18.8 Å². The molecule has 16 heavy (non-hydrogen) atoms. The molecule has 0 radical (unpaired) electrons. The molecule has 1 aliphatic rings. The van der Waals surface area contributed by atoms with Crippen LogP contribution in [0, 0.1) is 5.82 Å². The van der Waals surface area contributed by atoms with Gasteiger partial charge in [0.05, 0.1) is 13.2 Å². The molecule has 3 nitrogen and oxygen atoms in total. The van der Waals surface area contributed by atoms with E-state index in [0.717, 1.165) is 18.5 Å². The molecule has 1 aromatic carbocycles. The minimum Gasteiger partial charge on any atom is -0.496 e. The van der Waals surface area contributed by atoms with E-state index in [1.54, 1.807) is 13.2 Å². The van der Waals surface area contributed by atoms with Crippen LogP contribution < -0.4 is 4.74 Å². The third-order valence-electron chi connectivity index (χ3n) is 2.88. The molecule has 0 bridgehead atoms. The highest BCUT2D eigenvalue weighted by Gasteiger charge is 2.21. The Morgan fingerprint density at radius 3 is 3.00 bits per heavy atom. The van der Waals surface area contributed by atoms with Crippen LogP contribution in [0.4, 0.5) is 4.39 Å². The molecule has 1 atom stereocenters. The van der Waals surface area contributed by atoms with Gasteiger partial charge in [-0.3, -0.25) is 4.90 Å². The molecular formula is C12H16FNO2. The Morgan fingerprint density at radius 1 is 1.56 bits per heavy atom. The molecule has 1 fully saturated rings. The van der Waals surface area contributed by atoms with Gasteiger partial charge in [-0.2, -0.15) is 0 Å². The fourth-order valence-corrected chi connectivity index (χ4v) is 2.07. The first-order chi connectivity index (χ1) is 7.69. The molecule has 1 aromatic rings. The van der Waals surface area contributed by atoms with Gasteiger partial charge < -0.3 is 9.84 Å². The zero-order valence-corrected chi connectivity index (χ0v) is 9.32. The van der Waals surface area contributed by atoms with Crippen LogP contribution in [-0.4, -0.2) is 36.3 Å². The summed E-state index contributed by atoms with van der Waals surface area (Å²) in [5, 5.41) is 9.41. The number of methoxy groups -OCH3 is 1. The Hall–Kier alpha value is -1.13. The minimum atomic E-state index is -0.254. The molecule has 1 saturated heterocycles. The number of nitrogens with zero attached hydrogens (tertiary/aromatic N) is 1. The normalized spacial score (nSPS) is 21.3. The maximum atomic E-state index is 13.1. The number of benzene rings is 1. The van der Waals surface area contributed by atoms with E-state index in [9.17, 15) is 9.50 Å². The average Bonchev–Trinajstić information content (AvgIpc) is 2.64. The molecule has 0 unspecified atom stereocenters. The van der Waals surface area contributed by atoms with Gasteiger partial charge in [0.15, 0.2) is 0 Å². The van der Waals surface area contributed by atoms with E-state index < -0.39 is 0 Å². The average molecular weight is 225 g/mol. The van der Waals surface area contributed by atoms with Crippen LogP contribution in [0.5, 0.6) is 5.75 Å². The van der Waals surface area contributed by atoms with Crippen LogP contribution in [0.2, 0.25) is 0 Å². The fraction of sp³-hybridized carbons (Fsp3) is 0.500. The topological polar surface area (TPSA) is 32.7 Å². The summed E-state index contributed by atoms with van der Waals surface area (Å²) in [6.45, 7) is 2.12. The van der Waals surface area contributed by atoms with Gasteiger partial charge in [0, 0.05) is 25.2 Å². The second kappa shape index (κ2) is 4.80. The Morgan fingerprint density at radius 2 is 2.38 bits per heavy atom. The number of aliphatic hydroxyl groups excluding tert-OH is 1. The standard InChI is InChI=1S/C12H16FNO2/c1-16-12-3-2-10(13)6-9(12)7-14-5-4-11(15)8-14/h2-3,6,11,15H,4-5,7-8H2,1H3/t11-/m0/s1. The van der Waals surface area contributed by atoms with Gasteiger partial charge >= 0.3 is 0 Å². The molecule has 1 heterocycles. The van der Waals surface area contributed by atoms with E-state index in [2.05, 4.69) is 4.90 Å². The maximum Gasteiger partial charge on any atom is 0.123 e. The van der Waals surface area contributed by atoms with Gasteiger partial charge in [-0.1, -0.05) is 0 Å². The number of rotatable bonds is 3. The van der Waals surface area contributed by atoms with Crippen LogP contribution in [-0.2, 0) is 6.54 Å². The van der Waals surface area contributed by atoms with Crippen LogP contribution >= 0.6 is 0 Å². The van der Waals surface area contributed by atoms with Crippen molar-refractivity contribution in [2.75, 3.05) is 20.2 Å². The number of β-amino-alcohol motifs (C(OH)–C–C–N with tert-alkyl or cyclic N) is 1. The molecule has 88 valence electrons. The summed E-state index contributed by atoms with van der Waals surface area (Å²) in [4.78, 5) is 2.10. The number of ether oxygens (including phenoxy) is 1. The molecule has 0 saturated carbocycles. The van der Waals surface area contributed by atoms with E-state index in [-0.39, 0.29) is 11.9 Å². The quantitative estimate of drug-likeness (QED) is 0.844. The monoisotopic (exact) mass is 225 g/mol. The number of halogens is 1. The summed E-state index contributed by atoms with van der Waals surface area (Å²) in [5.41, 5.74) is 0.830. The van der Waals surface area contributed by atoms with Crippen LogP contribution in [0.15, 0.2) is 18.2 Å². The van der Waals surface area contributed by atoms with E-state index >= 15 is 0 Å². The summed E-state index contributed by atoms with van der Waals surface area (Å²) in [7, 11) is 1.58. The smallest absolute Gasteiger partial charge is 0.123 e. The Kier molecular flexibility index (Phi) is 3.41. The van der Waals surface area contributed by atoms with Crippen LogP contribution in [0.1, 0.15) is 12.0 Å². The van der Waals surface area contributed by atoms with E-state index in [1.165, 1.54) is 12.1 Å². The third kappa shape index (κ3) is 2.51. The van der Waals surface area contributed by atoms with Crippen LogP contribution in [0.3, 0.4) is 0 Å². The summed E-state index contributed by atoms with van der Waals surface area (Å²) in [6, 6.07) is 4.52. The van der Waals surface area contributed by atoms with Crippen molar-refractivity contribution in [3.05, 3.63) is 29.6 Å². The van der Waals surface area contributed by atoms with Crippen molar-refractivity contribution in [1.82, 2.24) is 4.90 Å². The highest BCUT2D eigenvalue weighted by atomic mass is 19.1. The molecule has 0 amide bonds. The van der Waals surface area contributed by atoms with Crippen molar-refractivity contribution in [3.63, 3.8) is 0 Å². The van der Waals surface area contributed by atoms with E-state index in [4.69, 9.17) is 4.74 Å². The first kappa shape index (κ1) is 11.4. The largest absolute Gasteiger partial charge is 0.496 e. The Balaban J connectivity index is 2.10. The van der Waals surface area contributed by atoms with Crippen molar-refractivity contribution < 1.29 is 14.2 Å². The minimum absolute atomic E-state index is 0.250. The lowest BCUT2D eigenvalue weighted by Crippen LogP contribution is -2.21. The van der Waals surface area contributed by atoms with Crippen molar-refractivity contribution in [1.29, 1.82) is 0 Å². The molecule has 0 aromatic heterocycles. The zero-order chi connectivity index (χ0) is 11.5. The number of hydrogen-bond donors (Lipinski definition) is 1. The molecule has 4 heteroatoms. The Bertz CT molecular complexity index is 370. The zero-order valence-electron chi connectivity index (χ0n) is 9.32. The van der Waals surface area contributed by atoms with Crippen molar-refractivity contribution in [2.45, 2.75) is 19.1 Å².